The molecule has 0 aliphatic carbocycles. The van der Waals surface area contributed by atoms with Gasteiger partial charge in [0.15, 0.2) is 0 Å². The largest absolute Gasteiger partial charge is 1.00 e. The zero-order valence-corrected chi connectivity index (χ0v) is 18.2. The summed E-state index contributed by atoms with van der Waals surface area (Å²) in [5, 5.41) is 36.2. The Kier molecular flexibility index (Phi) is 20.7. The van der Waals surface area contributed by atoms with Crippen LogP contribution in [0.3, 0.4) is 0 Å². The number of aliphatic hydroxyl groups excluding tert-OH is 2. The molecule has 6 N–H and O–H groups in total. The first-order chi connectivity index (χ1) is 9.65. The third kappa shape index (κ3) is 25.3. The Hall–Kier alpha value is 1.08. The van der Waals surface area contributed by atoms with Crippen LogP contribution in [-0.4, -0.2) is 67.1 Å². The van der Waals surface area contributed by atoms with Crippen LogP contribution in [0.4, 0.5) is 0 Å². The molecule has 2 atom stereocenters. The monoisotopic (exact) mass is 416 g/mol. The van der Waals surface area contributed by atoms with Crippen LogP contribution in [0.5, 0.6) is 0 Å². The average molecular weight is 416 g/mol. The Morgan fingerprint density at radius 2 is 1.00 bits per heavy atom. The third-order valence-corrected chi connectivity index (χ3v) is 2.32. The third-order valence-electron chi connectivity index (χ3n) is 1.35. The second-order valence-corrected chi connectivity index (χ2v) is 5.72. The van der Waals surface area contributed by atoms with Crippen molar-refractivity contribution in [3.63, 3.8) is 0 Å². The van der Waals surface area contributed by atoms with Crippen molar-refractivity contribution in [1.29, 1.82) is 0 Å². The standard InChI is InChI=1S/2C3H7O7P.2Na/c2*4-2(3(5)6)1-10-11(7,8)9;;/h2*2,4H,1H2,(H,5,6)(H2,7,8,9);;/q;;2*+1/p-2. The van der Waals surface area contributed by atoms with E-state index < -0.39 is 53.0 Å². The Labute approximate surface area is 178 Å². The molecule has 18 heteroatoms. The van der Waals surface area contributed by atoms with Crippen LogP contribution >= 0.6 is 15.6 Å². The average Bonchev–Trinajstić information content (AvgIpc) is 2.31. The Bertz CT molecular complexity index is 416. The maximum Gasteiger partial charge on any atom is 1.00 e. The number of aliphatic hydroxyl groups is 2. The van der Waals surface area contributed by atoms with E-state index >= 15 is 0 Å². The Morgan fingerprint density at radius 3 is 1.12 bits per heavy atom. The second kappa shape index (κ2) is 15.2. The van der Waals surface area contributed by atoms with E-state index in [1.165, 1.54) is 0 Å². The van der Waals surface area contributed by atoms with Gasteiger partial charge in [-0.25, -0.2) is 9.13 Å². The van der Waals surface area contributed by atoms with E-state index in [0.717, 1.165) is 0 Å². The molecule has 0 fully saturated rings. The molecule has 14 nitrogen and oxygen atoms in total. The maximum absolute atomic E-state index is 9.91. The number of carbonyl (C=O) groups excluding carboxylic acids is 2. The molecule has 0 bridgehead atoms. The van der Waals surface area contributed by atoms with Crippen molar-refractivity contribution in [3.8, 4) is 0 Å². The van der Waals surface area contributed by atoms with Crippen molar-refractivity contribution in [2.75, 3.05) is 13.2 Å². The van der Waals surface area contributed by atoms with E-state index in [1.54, 1.807) is 0 Å². The van der Waals surface area contributed by atoms with Gasteiger partial charge in [0, 0.05) is 0 Å². The molecule has 0 amide bonds. The summed E-state index contributed by atoms with van der Waals surface area (Å²) in [4.78, 5) is 51.5. The summed E-state index contributed by atoms with van der Waals surface area (Å²) in [5.74, 6) is -3.70. The van der Waals surface area contributed by atoms with Gasteiger partial charge in [0.25, 0.3) is 0 Å². The Morgan fingerprint density at radius 1 is 0.792 bits per heavy atom. The van der Waals surface area contributed by atoms with Gasteiger partial charge in [0.1, 0.15) is 12.2 Å². The first kappa shape index (κ1) is 32.7. The van der Waals surface area contributed by atoms with Crippen molar-refractivity contribution in [1.82, 2.24) is 0 Å². The summed E-state index contributed by atoms with van der Waals surface area (Å²) in [5.41, 5.74) is 0. The van der Waals surface area contributed by atoms with Crippen LogP contribution in [0.15, 0.2) is 0 Å². The minimum Gasteiger partial charge on any atom is -0.547 e. The molecule has 0 saturated carbocycles. The summed E-state index contributed by atoms with van der Waals surface area (Å²) in [6, 6.07) is 0. The van der Waals surface area contributed by atoms with Crippen LogP contribution in [0.25, 0.3) is 0 Å². The van der Waals surface area contributed by atoms with Gasteiger partial charge in [-0.3, -0.25) is 9.05 Å². The maximum atomic E-state index is 9.91. The summed E-state index contributed by atoms with van der Waals surface area (Å²) in [6.45, 7) is -1.99. The Balaban J connectivity index is -0.000000154. The van der Waals surface area contributed by atoms with Crippen molar-refractivity contribution in [2.45, 2.75) is 12.2 Å². The minimum absolute atomic E-state index is 0. The van der Waals surface area contributed by atoms with Crippen molar-refractivity contribution in [2.24, 2.45) is 0 Å². The van der Waals surface area contributed by atoms with Gasteiger partial charge in [0.05, 0.1) is 25.2 Å². The van der Waals surface area contributed by atoms with Gasteiger partial charge < -0.3 is 49.6 Å². The van der Waals surface area contributed by atoms with Crippen LogP contribution in [-0.2, 0) is 27.8 Å². The fourth-order valence-electron chi connectivity index (χ4n) is 0.471. The van der Waals surface area contributed by atoms with Gasteiger partial charge in [0.2, 0.25) is 0 Å². The number of carboxylic acids is 2. The molecule has 24 heavy (non-hydrogen) atoms. The fourth-order valence-corrected chi connectivity index (χ4v) is 1.14. The van der Waals surface area contributed by atoms with E-state index in [2.05, 4.69) is 9.05 Å². The number of carbonyl (C=O) groups is 2. The molecular weight excluding hydrogens is 404 g/mol. The molecule has 0 aliphatic heterocycles. The van der Waals surface area contributed by atoms with E-state index in [9.17, 15) is 28.9 Å². The number of carboxylic acid groups (broad SMARTS) is 2. The van der Waals surface area contributed by atoms with Gasteiger partial charge in [-0.1, -0.05) is 0 Å². The van der Waals surface area contributed by atoms with Crippen LogP contribution in [0.1, 0.15) is 0 Å². The van der Waals surface area contributed by atoms with Crippen molar-refractivity contribution >= 4 is 27.6 Å². The molecule has 0 rings (SSSR count). The van der Waals surface area contributed by atoms with Crippen molar-refractivity contribution in [3.05, 3.63) is 0 Å². The SMILES string of the molecule is O=C([O-])C(O)COP(=O)(O)O.O=C([O-])C(O)COP(=O)(O)O.[Na+].[Na+]. The molecule has 0 saturated heterocycles. The molecule has 0 aromatic heterocycles. The topological polar surface area (TPSA) is 254 Å². The normalized spacial score (nSPS) is 13.2. The number of aliphatic carboxylic acids is 2. The van der Waals surface area contributed by atoms with Crippen LogP contribution in [0.2, 0.25) is 0 Å². The zero-order valence-electron chi connectivity index (χ0n) is 12.4. The number of hydrogen-bond acceptors (Lipinski definition) is 10. The summed E-state index contributed by atoms with van der Waals surface area (Å²) < 4.78 is 27.1. The summed E-state index contributed by atoms with van der Waals surface area (Å²) in [7, 11) is -9.42. The van der Waals surface area contributed by atoms with E-state index in [1.807, 2.05) is 0 Å². The number of hydrogen-bond donors (Lipinski definition) is 6. The predicted octanol–water partition coefficient (Wildman–Crippen LogP) is -11.6. The number of rotatable bonds is 8. The zero-order chi connectivity index (χ0) is 18.1. The summed E-state index contributed by atoms with van der Waals surface area (Å²) >= 11 is 0. The first-order valence-electron chi connectivity index (χ1n) is 4.83. The predicted molar refractivity (Wildman–Crippen MR) is 58.0 cm³/mol. The molecule has 0 aromatic rings. The van der Waals surface area contributed by atoms with Crippen LogP contribution < -0.4 is 69.3 Å². The molecule has 132 valence electrons. The second-order valence-electron chi connectivity index (χ2n) is 3.24. The summed E-state index contributed by atoms with van der Waals surface area (Å²) in [6.07, 6.45) is -4.05. The van der Waals surface area contributed by atoms with Gasteiger partial charge in [-0.05, 0) is 0 Å². The van der Waals surface area contributed by atoms with Crippen molar-refractivity contribution < 1.29 is 127 Å². The van der Waals surface area contributed by atoms with Gasteiger partial charge >= 0.3 is 74.8 Å². The number of phosphoric acid groups is 2. The van der Waals surface area contributed by atoms with Crippen LogP contribution in [0, 0.1) is 0 Å². The molecule has 0 radical (unpaired) electrons. The fraction of sp³-hybridized carbons (Fsp3) is 0.667. The molecule has 2 unspecified atom stereocenters. The molecule has 0 aliphatic rings. The molecule has 0 spiro atoms. The minimum atomic E-state index is -4.71. The van der Waals surface area contributed by atoms with E-state index in [-0.39, 0.29) is 59.1 Å². The molecular formula is C6H12Na2O14P2. The smallest absolute Gasteiger partial charge is 0.547 e. The molecule has 0 heterocycles. The van der Waals surface area contributed by atoms with Gasteiger partial charge in [-0.2, -0.15) is 0 Å². The van der Waals surface area contributed by atoms with E-state index in [4.69, 9.17) is 29.8 Å². The van der Waals surface area contributed by atoms with E-state index in [0.29, 0.717) is 0 Å². The quantitative estimate of drug-likeness (QED) is 0.159. The number of phosphoric ester groups is 2. The van der Waals surface area contributed by atoms with Gasteiger partial charge in [-0.15, -0.1) is 0 Å². The molecule has 0 aromatic carbocycles. The first-order valence-corrected chi connectivity index (χ1v) is 7.89.